The summed E-state index contributed by atoms with van der Waals surface area (Å²) in [6.45, 7) is 0.479. The van der Waals surface area contributed by atoms with Gasteiger partial charge in [0.2, 0.25) is 0 Å². The fourth-order valence-electron chi connectivity index (χ4n) is 2.71. The molecule has 0 spiro atoms. The van der Waals surface area contributed by atoms with E-state index in [1.54, 1.807) is 6.07 Å². The Kier molecular flexibility index (Phi) is 5.66. The van der Waals surface area contributed by atoms with E-state index in [2.05, 4.69) is 10.3 Å². The second-order valence-corrected chi connectivity index (χ2v) is 6.04. The van der Waals surface area contributed by atoms with E-state index < -0.39 is 12.0 Å². The van der Waals surface area contributed by atoms with Crippen LogP contribution in [0.5, 0.6) is 0 Å². The van der Waals surface area contributed by atoms with Gasteiger partial charge in [-0.15, -0.1) is 0 Å². The minimum absolute atomic E-state index is 0.118. The number of carboxylic acid groups (broad SMARTS) is 1. The molecule has 0 aliphatic heterocycles. The first-order valence-electron chi connectivity index (χ1n) is 8.34. The first kappa shape index (κ1) is 17.7. The summed E-state index contributed by atoms with van der Waals surface area (Å²) in [7, 11) is 0. The number of nitrogens with one attached hydrogen (secondary N) is 2. The van der Waals surface area contributed by atoms with E-state index in [-0.39, 0.29) is 18.9 Å². The van der Waals surface area contributed by atoms with Gasteiger partial charge < -0.3 is 20.1 Å². The molecule has 0 unspecified atom stereocenters. The third-order valence-corrected chi connectivity index (χ3v) is 3.96. The Bertz CT molecular complexity index is 856. The minimum Gasteiger partial charge on any atom is -0.481 e. The van der Waals surface area contributed by atoms with E-state index in [1.165, 1.54) is 0 Å². The summed E-state index contributed by atoms with van der Waals surface area (Å²) >= 11 is 0. The summed E-state index contributed by atoms with van der Waals surface area (Å²) in [6, 6.07) is 18.3. The lowest BCUT2D eigenvalue weighted by atomic mass is 10.2. The van der Waals surface area contributed by atoms with Crippen molar-refractivity contribution in [3.63, 3.8) is 0 Å². The molecule has 6 nitrogen and oxygen atoms in total. The van der Waals surface area contributed by atoms with Crippen LogP contribution in [-0.2, 0) is 16.1 Å². The van der Waals surface area contributed by atoms with Crippen molar-refractivity contribution in [2.75, 3.05) is 6.61 Å². The van der Waals surface area contributed by atoms with Crippen LogP contribution in [-0.4, -0.2) is 34.6 Å². The highest BCUT2D eigenvalue weighted by atomic mass is 16.5. The van der Waals surface area contributed by atoms with Gasteiger partial charge in [0.1, 0.15) is 5.69 Å². The molecule has 134 valence electrons. The predicted octanol–water partition coefficient (Wildman–Crippen LogP) is 2.96. The van der Waals surface area contributed by atoms with E-state index in [4.69, 9.17) is 9.84 Å². The smallest absolute Gasteiger partial charge is 0.305 e. The topological polar surface area (TPSA) is 91.4 Å². The average molecular weight is 352 g/mol. The van der Waals surface area contributed by atoms with E-state index >= 15 is 0 Å². The van der Waals surface area contributed by atoms with E-state index in [0.29, 0.717) is 12.3 Å². The molecule has 1 atom stereocenters. The highest BCUT2D eigenvalue weighted by Crippen LogP contribution is 2.14. The molecule has 1 heterocycles. The molecule has 1 aromatic heterocycles. The number of amides is 1. The van der Waals surface area contributed by atoms with Gasteiger partial charge in [-0.05, 0) is 17.7 Å². The van der Waals surface area contributed by atoms with Crippen LogP contribution in [0.15, 0.2) is 60.7 Å². The van der Waals surface area contributed by atoms with Crippen LogP contribution in [0.4, 0.5) is 0 Å². The van der Waals surface area contributed by atoms with Gasteiger partial charge in [-0.1, -0.05) is 48.5 Å². The maximum Gasteiger partial charge on any atom is 0.305 e. The second-order valence-electron chi connectivity index (χ2n) is 6.04. The molecule has 3 N–H and O–H groups in total. The zero-order chi connectivity index (χ0) is 18.4. The highest BCUT2D eigenvalue weighted by molar-refractivity contribution is 5.98. The molecule has 3 aromatic rings. The van der Waals surface area contributed by atoms with Gasteiger partial charge in [0.15, 0.2) is 0 Å². The maximum atomic E-state index is 12.4. The number of aromatic amines is 1. The number of carbonyl (C=O) groups excluding carboxylic acids is 1. The van der Waals surface area contributed by atoms with Crippen LogP contribution in [0.1, 0.15) is 22.5 Å². The number of carboxylic acids is 1. The number of ether oxygens (including phenoxy) is 1. The number of hydrogen-bond acceptors (Lipinski definition) is 3. The number of carbonyl (C=O) groups is 2. The summed E-state index contributed by atoms with van der Waals surface area (Å²) in [6.07, 6.45) is -0.208. The van der Waals surface area contributed by atoms with Crippen molar-refractivity contribution in [2.45, 2.75) is 19.1 Å². The largest absolute Gasteiger partial charge is 0.481 e. The van der Waals surface area contributed by atoms with Crippen molar-refractivity contribution >= 4 is 22.8 Å². The van der Waals surface area contributed by atoms with Gasteiger partial charge in [-0.3, -0.25) is 9.59 Å². The maximum absolute atomic E-state index is 12.4. The van der Waals surface area contributed by atoms with Crippen molar-refractivity contribution in [1.29, 1.82) is 0 Å². The summed E-state index contributed by atoms with van der Waals surface area (Å²) in [5, 5.41) is 12.7. The fraction of sp³-hybridized carbons (Fsp3) is 0.200. The van der Waals surface area contributed by atoms with Gasteiger partial charge >= 0.3 is 5.97 Å². The molecule has 0 aliphatic rings. The number of fused-ring (bicyclic) bond motifs is 1. The van der Waals surface area contributed by atoms with E-state index in [0.717, 1.165) is 16.5 Å². The monoisotopic (exact) mass is 352 g/mol. The Hall–Kier alpha value is -3.12. The molecule has 3 rings (SSSR count). The molecule has 0 fully saturated rings. The van der Waals surface area contributed by atoms with Crippen LogP contribution in [0.3, 0.4) is 0 Å². The molecule has 0 bridgehead atoms. The first-order valence-corrected chi connectivity index (χ1v) is 8.34. The summed E-state index contributed by atoms with van der Waals surface area (Å²) < 4.78 is 5.59. The summed E-state index contributed by atoms with van der Waals surface area (Å²) in [5.41, 5.74) is 2.24. The van der Waals surface area contributed by atoms with Crippen molar-refractivity contribution in [2.24, 2.45) is 0 Å². The molecule has 1 amide bonds. The molecule has 0 saturated carbocycles. The lowest BCUT2D eigenvalue weighted by Crippen LogP contribution is -2.40. The number of hydrogen-bond donors (Lipinski definition) is 3. The summed E-state index contributed by atoms with van der Waals surface area (Å²) in [5.74, 6) is -1.34. The Morgan fingerprint density at radius 2 is 1.81 bits per heavy atom. The summed E-state index contributed by atoms with van der Waals surface area (Å²) in [4.78, 5) is 26.6. The van der Waals surface area contributed by atoms with Crippen molar-refractivity contribution in [1.82, 2.24) is 10.3 Å². The molecule has 6 heteroatoms. The molecule has 0 radical (unpaired) electrons. The van der Waals surface area contributed by atoms with Crippen LogP contribution in [0.2, 0.25) is 0 Å². The van der Waals surface area contributed by atoms with Gasteiger partial charge in [0.05, 0.1) is 25.7 Å². The lowest BCUT2D eigenvalue weighted by molar-refractivity contribution is -0.137. The SMILES string of the molecule is O=C(O)C[C@H](COCc1ccccc1)NC(=O)c1cc2ccccc2[nH]1. The number of H-pyrrole nitrogens is 1. The van der Waals surface area contributed by atoms with Crippen molar-refractivity contribution < 1.29 is 19.4 Å². The van der Waals surface area contributed by atoms with Crippen LogP contribution < -0.4 is 5.32 Å². The number of rotatable bonds is 8. The third-order valence-electron chi connectivity index (χ3n) is 3.96. The number of benzene rings is 2. The van der Waals surface area contributed by atoms with Crippen LogP contribution in [0, 0.1) is 0 Å². The first-order chi connectivity index (χ1) is 12.6. The highest BCUT2D eigenvalue weighted by Gasteiger charge is 2.18. The Morgan fingerprint density at radius 3 is 2.54 bits per heavy atom. The standard InChI is InChI=1S/C20H20N2O4/c23-19(24)11-16(13-26-12-14-6-2-1-3-7-14)21-20(25)18-10-15-8-4-5-9-17(15)22-18/h1-10,16,22H,11-13H2,(H,21,25)(H,23,24)/t16-/m1/s1. The van der Waals surface area contributed by atoms with Gasteiger partial charge in [0.25, 0.3) is 5.91 Å². The van der Waals surface area contributed by atoms with Gasteiger partial charge in [-0.2, -0.15) is 0 Å². The zero-order valence-electron chi connectivity index (χ0n) is 14.1. The molecular weight excluding hydrogens is 332 g/mol. The number of aliphatic carboxylic acids is 1. The van der Waals surface area contributed by atoms with E-state index in [9.17, 15) is 9.59 Å². The molecule has 0 aliphatic carbocycles. The van der Waals surface area contributed by atoms with Crippen molar-refractivity contribution in [3.05, 3.63) is 71.9 Å². The average Bonchev–Trinajstić information content (AvgIpc) is 3.06. The van der Waals surface area contributed by atoms with Crippen LogP contribution >= 0.6 is 0 Å². The Balaban J connectivity index is 1.61. The zero-order valence-corrected chi connectivity index (χ0v) is 14.1. The Morgan fingerprint density at radius 1 is 1.08 bits per heavy atom. The normalized spacial score (nSPS) is 12.0. The van der Waals surface area contributed by atoms with Crippen molar-refractivity contribution in [3.8, 4) is 0 Å². The number of para-hydroxylation sites is 1. The molecule has 26 heavy (non-hydrogen) atoms. The second kappa shape index (κ2) is 8.31. The molecular formula is C20H20N2O4. The lowest BCUT2D eigenvalue weighted by Gasteiger charge is -2.17. The van der Waals surface area contributed by atoms with Crippen LogP contribution in [0.25, 0.3) is 10.9 Å². The van der Waals surface area contributed by atoms with E-state index in [1.807, 2.05) is 54.6 Å². The van der Waals surface area contributed by atoms with Gasteiger partial charge in [-0.25, -0.2) is 0 Å². The minimum atomic E-state index is -0.991. The van der Waals surface area contributed by atoms with Gasteiger partial charge in [0, 0.05) is 10.9 Å². The third kappa shape index (κ3) is 4.70. The quantitative estimate of drug-likeness (QED) is 0.581. The predicted molar refractivity (Wildman–Crippen MR) is 97.9 cm³/mol. The fourth-order valence-corrected chi connectivity index (χ4v) is 2.71. The number of aromatic nitrogens is 1. The molecule has 2 aromatic carbocycles. The Labute approximate surface area is 150 Å². The molecule has 0 saturated heterocycles.